The number of allylic oxidation sites excluding steroid dienone is 3. The highest BCUT2D eigenvalue weighted by Crippen LogP contribution is 2.35. The summed E-state index contributed by atoms with van der Waals surface area (Å²) in [4.78, 5) is 15.7. The lowest BCUT2D eigenvalue weighted by molar-refractivity contribution is 0.0323. The zero-order valence-corrected chi connectivity index (χ0v) is 21.5. The van der Waals surface area contributed by atoms with Crippen molar-refractivity contribution in [3.05, 3.63) is 89.7 Å². The minimum atomic E-state index is -0.147. The predicted octanol–water partition coefficient (Wildman–Crippen LogP) is 5.76. The molecular weight excluding hydrogens is 464 g/mol. The van der Waals surface area contributed by atoms with E-state index in [1.807, 2.05) is 66.7 Å². The normalized spacial score (nSPS) is 18.2. The Bertz CT molecular complexity index is 1320. The monoisotopic (exact) mass is 498 g/mol. The average Bonchev–Trinajstić information content (AvgIpc) is 2.94. The van der Waals surface area contributed by atoms with Gasteiger partial charge in [0, 0.05) is 47.2 Å². The molecule has 0 radical (unpaired) electrons. The van der Waals surface area contributed by atoms with Crippen molar-refractivity contribution >= 4 is 27.9 Å². The van der Waals surface area contributed by atoms with Gasteiger partial charge in [0.2, 0.25) is 0 Å². The maximum Gasteiger partial charge on any atom is 0.255 e. The number of rotatable bonds is 8. The summed E-state index contributed by atoms with van der Waals surface area (Å²) >= 11 is 0. The predicted molar refractivity (Wildman–Crippen MR) is 148 cm³/mol. The Morgan fingerprint density at radius 2 is 1.86 bits per heavy atom. The van der Waals surface area contributed by atoms with E-state index in [1.54, 1.807) is 7.11 Å². The van der Waals surface area contributed by atoms with Crippen LogP contribution in [-0.2, 0) is 9.47 Å². The minimum Gasteiger partial charge on any atom is -0.496 e. The van der Waals surface area contributed by atoms with Gasteiger partial charge in [-0.1, -0.05) is 49.4 Å². The molecule has 1 aliphatic carbocycles. The van der Waals surface area contributed by atoms with Gasteiger partial charge in [0.25, 0.3) is 5.91 Å². The van der Waals surface area contributed by atoms with Crippen molar-refractivity contribution in [1.82, 2.24) is 4.90 Å². The quantitative estimate of drug-likeness (QED) is 0.428. The van der Waals surface area contributed by atoms with Gasteiger partial charge in [0.05, 0.1) is 20.3 Å². The Morgan fingerprint density at radius 3 is 2.68 bits per heavy atom. The molecule has 1 unspecified atom stereocenters. The van der Waals surface area contributed by atoms with Crippen LogP contribution in [0.4, 0.5) is 5.69 Å². The fraction of sp³-hybridized carbons (Fsp3) is 0.323. The van der Waals surface area contributed by atoms with Gasteiger partial charge in [-0.15, -0.1) is 0 Å². The Morgan fingerprint density at radius 1 is 1.05 bits per heavy atom. The van der Waals surface area contributed by atoms with E-state index in [1.165, 1.54) is 0 Å². The van der Waals surface area contributed by atoms with Gasteiger partial charge in [-0.25, -0.2) is 0 Å². The van der Waals surface area contributed by atoms with Crippen molar-refractivity contribution in [1.29, 1.82) is 0 Å². The van der Waals surface area contributed by atoms with E-state index in [9.17, 15) is 4.79 Å². The molecule has 1 heterocycles. The molecule has 1 fully saturated rings. The fourth-order valence-corrected chi connectivity index (χ4v) is 5.07. The van der Waals surface area contributed by atoms with Crippen LogP contribution in [0.1, 0.15) is 29.3 Å². The molecule has 0 spiro atoms. The molecular formula is C31H34N2O4. The van der Waals surface area contributed by atoms with Gasteiger partial charge in [0.15, 0.2) is 0 Å². The van der Waals surface area contributed by atoms with Crippen molar-refractivity contribution < 1.29 is 19.0 Å². The Labute approximate surface area is 218 Å². The molecule has 6 heteroatoms. The number of anilines is 1. The number of carbonyl (C=O) groups excluding carboxylic acids is 1. The van der Waals surface area contributed by atoms with E-state index in [4.69, 9.17) is 14.2 Å². The van der Waals surface area contributed by atoms with E-state index in [2.05, 4.69) is 23.2 Å². The summed E-state index contributed by atoms with van der Waals surface area (Å²) in [7, 11) is 1.69. The van der Waals surface area contributed by atoms with Gasteiger partial charge < -0.3 is 19.5 Å². The number of benzene rings is 3. The van der Waals surface area contributed by atoms with E-state index in [0.29, 0.717) is 18.1 Å². The Hall–Kier alpha value is -3.61. The lowest BCUT2D eigenvalue weighted by atomic mass is 9.86. The second kappa shape index (κ2) is 11.6. The summed E-state index contributed by atoms with van der Waals surface area (Å²) in [6, 6.07) is 19.7. The average molecular weight is 499 g/mol. The number of morpholine rings is 1. The number of hydrogen-bond acceptors (Lipinski definition) is 5. The van der Waals surface area contributed by atoms with Crippen LogP contribution < -0.4 is 10.1 Å². The summed E-state index contributed by atoms with van der Waals surface area (Å²) in [5, 5.41) is 5.06. The zero-order chi connectivity index (χ0) is 25.6. The third-order valence-electron chi connectivity index (χ3n) is 7.07. The van der Waals surface area contributed by atoms with Crippen LogP contribution in [0.15, 0.2) is 78.6 Å². The molecule has 1 aliphatic heterocycles. The molecule has 0 saturated carbocycles. The van der Waals surface area contributed by atoms with Gasteiger partial charge in [0.1, 0.15) is 18.1 Å². The van der Waals surface area contributed by atoms with Crippen molar-refractivity contribution in [2.75, 3.05) is 51.9 Å². The molecule has 1 amide bonds. The third-order valence-corrected chi connectivity index (χ3v) is 7.07. The lowest BCUT2D eigenvalue weighted by Gasteiger charge is -2.26. The first kappa shape index (κ1) is 25.1. The number of ether oxygens (including phenoxy) is 3. The third kappa shape index (κ3) is 5.71. The van der Waals surface area contributed by atoms with Crippen LogP contribution in [0.25, 0.3) is 16.3 Å². The van der Waals surface area contributed by atoms with Gasteiger partial charge >= 0.3 is 0 Å². The van der Waals surface area contributed by atoms with Crippen LogP contribution in [-0.4, -0.2) is 57.4 Å². The molecule has 37 heavy (non-hydrogen) atoms. The fourth-order valence-electron chi connectivity index (χ4n) is 5.07. The topological polar surface area (TPSA) is 60.0 Å². The zero-order valence-electron chi connectivity index (χ0n) is 21.5. The Balaban J connectivity index is 1.34. The number of carbonyl (C=O) groups is 1. The minimum absolute atomic E-state index is 0.147. The largest absolute Gasteiger partial charge is 0.496 e. The molecule has 1 N–H and O–H groups in total. The van der Waals surface area contributed by atoms with Gasteiger partial charge in [-0.2, -0.15) is 0 Å². The van der Waals surface area contributed by atoms with E-state index in [0.717, 1.165) is 78.4 Å². The van der Waals surface area contributed by atoms with Gasteiger partial charge in [-0.05, 0) is 48.2 Å². The number of nitrogens with one attached hydrogen (secondary N) is 1. The van der Waals surface area contributed by atoms with Crippen molar-refractivity contribution in [3.8, 4) is 5.75 Å². The molecule has 3 aromatic carbocycles. The summed E-state index contributed by atoms with van der Waals surface area (Å²) < 4.78 is 17.2. The highest BCUT2D eigenvalue weighted by atomic mass is 16.5. The summed E-state index contributed by atoms with van der Waals surface area (Å²) in [5.41, 5.74) is 3.51. The van der Waals surface area contributed by atoms with Crippen LogP contribution in [0, 0.1) is 5.92 Å². The standard InChI is InChI=1S/C31H34N2O4/c1-22-7-5-12-29(35-2)30(22)23-8-6-9-24(21-23)31(34)32-27-13-14-28(26-11-4-3-10-25(26)27)37-20-17-33-15-18-36-19-16-33/h3-6,8-14,21-22H,7,15-20H2,1-2H3,(H,32,34). The van der Waals surface area contributed by atoms with Crippen LogP contribution >= 0.6 is 0 Å². The molecule has 6 nitrogen and oxygen atoms in total. The SMILES string of the molecule is COC1=C(c2cccc(C(=O)Nc3ccc(OCCN4CCOCC4)c4ccccc34)c2)C(C)CC=C1. The number of amides is 1. The molecule has 1 atom stereocenters. The molecule has 1 saturated heterocycles. The molecule has 0 aromatic heterocycles. The highest BCUT2D eigenvalue weighted by Gasteiger charge is 2.20. The molecule has 5 rings (SSSR count). The number of nitrogens with zero attached hydrogens (tertiary/aromatic N) is 1. The van der Waals surface area contributed by atoms with Crippen LogP contribution in [0.5, 0.6) is 5.75 Å². The number of methoxy groups -OCH3 is 1. The van der Waals surface area contributed by atoms with Crippen LogP contribution in [0.3, 0.4) is 0 Å². The van der Waals surface area contributed by atoms with E-state index >= 15 is 0 Å². The van der Waals surface area contributed by atoms with Crippen molar-refractivity contribution in [2.24, 2.45) is 5.92 Å². The van der Waals surface area contributed by atoms with Gasteiger partial charge in [-0.3, -0.25) is 9.69 Å². The maximum atomic E-state index is 13.3. The second-order valence-corrected chi connectivity index (χ2v) is 9.52. The van der Waals surface area contributed by atoms with Crippen molar-refractivity contribution in [3.63, 3.8) is 0 Å². The number of hydrogen-bond donors (Lipinski definition) is 1. The molecule has 2 aliphatic rings. The summed E-state index contributed by atoms with van der Waals surface area (Å²) in [6.45, 7) is 7.09. The maximum absolute atomic E-state index is 13.3. The Kier molecular flexibility index (Phi) is 7.87. The van der Waals surface area contributed by atoms with E-state index in [-0.39, 0.29) is 5.91 Å². The summed E-state index contributed by atoms with van der Waals surface area (Å²) in [6.07, 6.45) is 5.09. The number of fused-ring (bicyclic) bond motifs is 1. The highest BCUT2D eigenvalue weighted by molar-refractivity contribution is 6.10. The molecule has 3 aromatic rings. The summed E-state index contributed by atoms with van der Waals surface area (Å²) in [5.74, 6) is 1.85. The second-order valence-electron chi connectivity index (χ2n) is 9.52. The first-order valence-corrected chi connectivity index (χ1v) is 12.9. The lowest BCUT2D eigenvalue weighted by Crippen LogP contribution is -2.38. The molecule has 192 valence electrons. The van der Waals surface area contributed by atoms with E-state index < -0.39 is 0 Å². The first-order valence-electron chi connectivity index (χ1n) is 12.9. The smallest absolute Gasteiger partial charge is 0.255 e. The van der Waals surface area contributed by atoms with Crippen molar-refractivity contribution in [2.45, 2.75) is 13.3 Å². The molecule has 0 bridgehead atoms. The first-order chi connectivity index (χ1) is 18.1. The van der Waals surface area contributed by atoms with Crippen LogP contribution in [0.2, 0.25) is 0 Å².